The van der Waals surface area contributed by atoms with Crippen molar-refractivity contribution in [3.8, 4) is 0 Å². The van der Waals surface area contributed by atoms with Gasteiger partial charge >= 0.3 is 12.0 Å². The van der Waals surface area contributed by atoms with Crippen molar-refractivity contribution in [1.82, 2.24) is 10.2 Å². The van der Waals surface area contributed by atoms with Crippen LogP contribution in [0.15, 0.2) is 22.8 Å². The normalized spacial score (nSPS) is 19.6. The number of carboxylic acids is 1. The first-order valence-corrected chi connectivity index (χ1v) is 5.95. The Balaban J connectivity index is 1.83. The van der Waals surface area contributed by atoms with Gasteiger partial charge in [0, 0.05) is 13.1 Å². The Morgan fingerprint density at radius 2 is 2.39 bits per heavy atom. The van der Waals surface area contributed by atoms with Crippen molar-refractivity contribution in [3.63, 3.8) is 0 Å². The molecule has 1 aliphatic heterocycles. The van der Waals surface area contributed by atoms with Gasteiger partial charge in [0.2, 0.25) is 0 Å². The average molecular weight is 252 g/mol. The molecule has 1 aromatic heterocycles. The van der Waals surface area contributed by atoms with Gasteiger partial charge in [0.25, 0.3) is 0 Å². The van der Waals surface area contributed by atoms with Crippen LogP contribution in [0.5, 0.6) is 0 Å². The average Bonchev–Trinajstić information content (AvgIpc) is 2.89. The minimum absolute atomic E-state index is 0.239. The van der Waals surface area contributed by atoms with E-state index in [2.05, 4.69) is 5.32 Å². The molecule has 98 valence electrons. The molecule has 0 bridgehead atoms. The second kappa shape index (κ2) is 5.57. The topological polar surface area (TPSA) is 82.8 Å². The Bertz CT molecular complexity index is 416. The van der Waals surface area contributed by atoms with E-state index in [9.17, 15) is 9.59 Å². The fourth-order valence-electron chi connectivity index (χ4n) is 2.05. The van der Waals surface area contributed by atoms with Crippen molar-refractivity contribution in [2.24, 2.45) is 5.92 Å². The number of amides is 2. The number of carbonyl (C=O) groups is 2. The highest BCUT2D eigenvalue weighted by Gasteiger charge is 2.27. The zero-order chi connectivity index (χ0) is 13.0. The summed E-state index contributed by atoms with van der Waals surface area (Å²) in [6, 6.07) is 3.29. The summed E-state index contributed by atoms with van der Waals surface area (Å²) in [6.07, 6.45) is 2.91. The molecule has 2 N–H and O–H groups in total. The molecule has 18 heavy (non-hydrogen) atoms. The van der Waals surface area contributed by atoms with Gasteiger partial charge in [0.15, 0.2) is 0 Å². The first kappa shape index (κ1) is 12.5. The van der Waals surface area contributed by atoms with Crippen molar-refractivity contribution >= 4 is 12.0 Å². The van der Waals surface area contributed by atoms with Crippen molar-refractivity contribution in [3.05, 3.63) is 24.2 Å². The van der Waals surface area contributed by atoms with Crippen molar-refractivity contribution in [2.45, 2.75) is 19.4 Å². The Hall–Kier alpha value is -1.98. The van der Waals surface area contributed by atoms with Crippen molar-refractivity contribution in [1.29, 1.82) is 0 Å². The number of nitrogens with zero attached hydrogens (tertiary/aromatic N) is 1. The third kappa shape index (κ3) is 3.03. The zero-order valence-corrected chi connectivity index (χ0v) is 9.96. The van der Waals surface area contributed by atoms with E-state index in [4.69, 9.17) is 9.52 Å². The Morgan fingerprint density at radius 3 is 3.06 bits per heavy atom. The molecule has 6 heteroatoms. The molecule has 1 aliphatic rings. The third-order valence-corrected chi connectivity index (χ3v) is 3.05. The van der Waals surface area contributed by atoms with Gasteiger partial charge < -0.3 is 19.7 Å². The monoisotopic (exact) mass is 252 g/mol. The molecule has 0 aliphatic carbocycles. The summed E-state index contributed by atoms with van der Waals surface area (Å²) < 4.78 is 5.10. The van der Waals surface area contributed by atoms with E-state index >= 15 is 0 Å². The number of carboxylic acid groups (broad SMARTS) is 1. The van der Waals surface area contributed by atoms with Crippen LogP contribution in [-0.2, 0) is 11.3 Å². The highest BCUT2D eigenvalue weighted by Crippen LogP contribution is 2.16. The molecular formula is C12H16N2O4. The van der Waals surface area contributed by atoms with Crippen LogP contribution in [0.25, 0.3) is 0 Å². The smallest absolute Gasteiger partial charge is 0.317 e. The number of hydrogen-bond donors (Lipinski definition) is 2. The van der Waals surface area contributed by atoms with Crippen LogP contribution in [0.1, 0.15) is 18.6 Å². The predicted molar refractivity (Wildman–Crippen MR) is 62.9 cm³/mol. The fourth-order valence-corrected chi connectivity index (χ4v) is 2.05. The molecule has 1 fully saturated rings. The molecule has 0 spiro atoms. The number of carbonyl (C=O) groups excluding carboxylic acids is 1. The molecular weight excluding hydrogens is 236 g/mol. The molecule has 6 nitrogen and oxygen atoms in total. The molecule has 2 rings (SSSR count). The number of furan rings is 1. The standard InChI is InChI=1S/C12H16N2O4/c15-11(16)9-3-1-5-14(8-9)12(17)13-7-10-4-2-6-18-10/h2,4,6,9H,1,3,5,7-8H2,(H,13,17)(H,15,16)/t9-/m0/s1. The van der Waals surface area contributed by atoms with Crippen LogP contribution in [0, 0.1) is 5.92 Å². The molecule has 2 heterocycles. The van der Waals surface area contributed by atoms with E-state index in [0.717, 1.165) is 6.42 Å². The van der Waals surface area contributed by atoms with E-state index in [1.807, 2.05) is 0 Å². The van der Waals surface area contributed by atoms with E-state index in [1.165, 1.54) is 0 Å². The van der Waals surface area contributed by atoms with E-state index < -0.39 is 11.9 Å². The Morgan fingerprint density at radius 1 is 1.56 bits per heavy atom. The number of rotatable bonds is 3. The lowest BCUT2D eigenvalue weighted by atomic mass is 9.99. The predicted octanol–water partition coefficient (Wildman–Crippen LogP) is 1.29. The Labute approximate surface area is 105 Å². The summed E-state index contributed by atoms with van der Waals surface area (Å²) in [5, 5.41) is 11.7. The largest absolute Gasteiger partial charge is 0.481 e. The number of aliphatic carboxylic acids is 1. The Kier molecular flexibility index (Phi) is 3.86. The lowest BCUT2D eigenvalue weighted by molar-refractivity contribution is -0.143. The molecule has 1 saturated heterocycles. The summed E-state index contributed by atoms with van der Waals surface area (Å²) >= 11 is 0. The molecule has 0 radical (unpaired) electrons. The van der Waals surface area contributed by atoms with Gasteiger partial charge in [-0.2, -0.15) is 0 Å². The van der Waals surface area contributed by atoms with Crippen molar-refractivity contribution < 1.29 is 19.1 Å². The lowest BCUT2D eigenvalue weighted by Gasteiger charge is -2.30. The van der Waals surface area contributed by atoms with E-state index in [0.29, 0.717) is 25.3 Å². The maximum atomic E-state index is 11.8. The highest BCUT2D eigenvalue weighted by atomic mass is 16.4. The second-order valence-electron chi connectivity index (χ2n) is 4.36. The van der Waals surface area contributed by atoms with Crippen LogP contribution in [0.2, 0.25) is 0 Å². The highest BCUT2D eigenvalue weighted by molar-refractivity contribution is 5.76. The molecule has 0 saturated carbocycles. The second-order valence-corrected chi connectivity index (χ2v) is 4.36. The minimum Gasteiger partial charge on any atom is -0.481 e. The van der Waals surface area contributed by atoms with Crippen LogP contribution in [-0.4, -0.2) is 35.1 Å². The van der Waals surface area contributed by atoms with Gasteiger partial charge in [-0.3, -0.25) is 4.79 Å². The molecule has 0 unspecified atom stereocenters. The summed E-state index contributed by atoms with van der Waals surface area (Å²) in [6.45, 7) is 1.20. The third-order valence-electron chi connectivity index (χ3n) is 3.05. The number of nitrogens with one attached hydrogen (secondary N) is 1. The maximum Gasteiger partial charge on any atom is 0.317 e. The maximum absolute atomic E-state index is 11.8. The molecule has 2 amide bonds. The van der Waals surface area contributed by atoms with Gasteiger partial charge in [-0.25, -0.2) is 4.79 Å². The number of hydrogen-bond acceptors (Lipinski definition) is 3. The first-order valence-electron chi connectivity index (χ1n) is 5.95. The number of piperidine rings is 1. The van der Waals surface area contributed by atoms with Crippen LogP contribution in [0.4, 0.5) is 4.79 Å². The molecule has 0 aromatic carbocycles. The van der Waals surface area contributed by atoms with Crippen LogP contribution in [0.3, 0.4) is 0 Å². The van der Waals surface area contributed by atoms with E-state index in [1.54, 1.807) is 23.3 Å². The minimum atomic E-state index is -0.835. The zero-order valence-electron chi connectivity index (χ0n) is 9.96. The summed E-state index contributed by atoms with van der Waals surface area (Å²) in [4.78, 5) is 24.3. The lowest BCUT2D eigenvalue weighted by Crippen LogP contribution is -2.46. The molecule has 1 atom stereocenters. The summed E-state index contributed by atoms with van der Waals surface area (Å²) in [5.41, 5.74) is 0. The van der Waals surface area contributed by atoms with Crippen LogP contribution < -0.4 is 5.32 Å². The van der Waals surface area contributed by atoms with Gasteiger partial charge in [-0.1, -0.05) is 0 Å². The van der Waals surface area contributed by atoms with E-state index in [-0.39, 0.29) is 12.6 Å². The van der Waals surface area contributed by atoms with Crippen LogP contribution >= 0.6 is 0 Å². The van der Waals surface area contributed by atoms with Crippen molar-refractivity contribution in [2.75, 3.05) is 13.1 Å². The van der Waals surface area contributed by atoms with Gasteiger partial charge in [0.1, 0.15) is 5.76 Å². The quantitative estimate of drug-likeness (QED) is 0.849. The first-order chi connectivity index (χ1) is 8.66. The SMILES string of the molecule is O=C(O)[C@H]1CCCN(C(=O)NCc2ccco2)C1. The van der Waals surface area contributed by atoms with Gasteiger partial charge in [-0.05, 0) is 25.0 Å². The number of likely N-dealkylation sites (tertiary alicyclic amines) is 1. The number of urea groups is 1. The van der Waals surface area contributed by atoms with Gasteiger partial charge in [0.05, 0.1) is 18.7 Å². The fraction of sp³-hybridized carbons (Fsp3) is 0.500. The summed E-state index contributed by atoms with van der Waals surface area (Å²) in [5.74, 6) is -0.609. The van der Waals surface area contributed by atoms with Gasteiger partial charge in [-0.15, -0.1) is 0 Å². The summed E-state index contributed by atoms with van der Waals surface area (Å²) in [7, 11) is 0. The molecule has 1 aromatic rings.